The number of carbonyl (C=O) groups is 2. The summed E-state index contributed by atoms with van der Waals surface area (Å²) in [4.78, 5) is 23.0. The standard InChI is InChI=1S/C23H37NO6/c1-5-6-7-8-9-10-15-28-18-12-13-19(21(25)26)20(17-18)29-16-11-14-24-22(27)30-23(2,3)4/h12-13,17H,5-11,14-16H2,1-4H3,(H,24,27)(H,25,26). The Hall–Kier alpha value is -2.44. The molecule has 0 fully saturated rings. The Morgan fingerprint density at radius 1 is 0.967 bits per heavy atom. The van der Waals surface area contributed by atoms with E-state index in [4.69, 9.17) is 14.2 Å². The quantitative estimate of drug-likeness (QED) is 0.388. The summed E-state index contributed by atoms with van der Waals surface area (Å²) in [5.74, 6) is -0.199. The van der Waals surface area contributed by atoms with Crippen molar-refractivity contribution in [2.45, 2.75) is 78.2 Å². The van der Waals surface area contributed by atoms with Gasteiger partial charge in [0.1, 0.15) is 22.7 Å². The molecule has 0 aliphatic carbocycles. The third-order valence-corrected chi connectivity index (χ3v) is 4.20. The number of aromatic carboxylic acids is 1. The Balaban J connectivity index is 2.42. The predicted molar refractivity (Wildman–Crippen MR) is 117 cm³/mol. The largest absolute Gasteiger partial charge is 0.493 e. The van der Waals surface area contributed by atoms with Crippen molar-refractivity contribution in [2.75, 3.05) is 19.8 Å². The van der Waals surface area contributed by atoms with Crippen molar-refractivity contribution in [3.63, 3.8) is 0 Å². The van der Waals surface area contributed by atoms with Crippen molar-refractivity contribution in [2.24, 2.45) is 0 Å². The molecule has 1 amide bonds. The summed E-state index contributed by atoms with van der Waals surface area (Å²) in [6.07, 6.45) is 7.08. The first kappa shape index (κ1) is 25.6. The number of alkyl carbamates (subject to hydrolysis) is 1. The van der Waals surface area contributed by atoms with Crippen molar-refractivity contribution in [1.29, 1.82) is 0 Å². The second kappa shape index (κ2) is 13.7. The molecule has 0 saturated carbocycles. The van der Waals surface area contributed by atoms with Crippen LogP contribution < -0.4 is 14.8 Å². The van der Waals surface area contributed by atoms with Crippen molar-refractivity contribution < 1.29 is 28.9 Å². The highest BCUT2D eigenvalue weighted by Gasteiger charge is 2.16. The van der Waals surface area contributed by atoms with Crippen LogP contribution in [0.3, 0.4) is 0 Å². The van der Waals surface area contributed by atoms with Gasteiger partial charge in [-0.25, -0.2) is 9.59 Å². The number of hydrogen-bond acceptors (Lipinski definition) is 5. The molecule has 7 heteroatoms. The minimum atomic E-state index is -1.06. The molecule has 30 heavy (non-hydrogen) atoms. The molecular formula is C23H37NO6. The van der Waals surface area contributed by atoms with Gasteiger partial charge in [-0.2, -0.15) is 0 Å². The van der Waals surface area contributed by atoms with Crippen LogP contribution in [0.15, 0.2) is 18.2 Å². The zero-order chi connectivity index (χ0) is 22.4. The van der Waals surface area contributed by atoms with E-state index in [1.807, 2.05) is 0 Å². The number of carboxylic acid groups (broad SMARTS) is 1. The molecule has 1 aromatic carbocycles. The Labute approximate surface area is 180 Å². The van der Waals surface area contributed by atoms with Crippen LogP contribution in [0.2, 0.25) is 0 Å². The highest BCUT2D eigenvalue weighted by Crippen LogP contribution is 2.25. The maximum Gasteiger partial charge on any atom is 0.407 e. The predicted octanol–water partition coefficient (Wildman–Crippen LogP) is 5.42. The van der Waals surface area contributed by atoms with E-state index in [2.05, 4.69) is 12.2 Å². The fourth-order valence-electron chi connectivity index (χ4n) is 2.72. The molecule has 0 unspecified atom stereocenters. The van der Waals surface area contributed by atoms with E-state index in [0.717, 1.165) is 12.8 Å². The lowest BCUT2D eigenvalue weighted by atomic mass is 10.1. The molecule has 2 N–H and O–H groups in total. The molecule has 0 aromatic heterocycles. The Morgan fingerprint density at radius 3 is 2.30 bits per heavy atom. The summed E-state index contributed by atoms with van der Waals surface area (Å²) in [5, 5.41) is 12.0. The lowest BCUT2D eigenvalue weighted by molar-refractivity contribution is 0.0525. The van der Waals surface area contributed by atoms with Gasteiger partial charge in [0.2, 0.25) is 0 Å². The van der Waals surface area contributed by atoms with Gasteiger partial charge in [-0.15, -0.1) is 0 Å². The summed E-state index contributed by atoms with van der Waals surface area (Å²) in [6.45, 7) is 8.81. The average molecular weight is 424 g/mol. The second-order valence-electron chi connectivity index (χ2n) is 8.21. The van der Waals surface area contributed by atoms with Crippen molar-refractivity contribution >= 4 is 12.1 Å². The maximum atomic E-state index is 11.6. The number of carbonyl (C=O) groups excluding carboxylic acids is 1. The van der Waals surface area contributed by atoms with Crippen LogP contribution in [0.25, 0.3) is 0 Å². The van der Waals surface area contributed by atoms with Gasteiger partial charge in [0.25, 0.3) is 0 Å². The fraction of sp³-hybridized carbons (Fsp3) is 0.652. The van der Waals surface area contributed by atoms with Crippen LogP contribution in [0, 0.1) is 0 Å². The van der Waals surface area contributed by atoms with E-state index in [-0.39, 0.29) is 17.9 Å². The summed E-state index contributed by atoms with van der Waals surface area (Å²) < 4.78 is 16.5. The molecule has 0 aliphatic heterocycles. The van der Waals surface area contributed by atoms with E-state index in [0.29, 0.717) is 25.3 Å². The minimum Gasteiger partial charge on any atom is -0.493 e. The van der Waals surface area contributed by atoms with Crippen LogP contribution in [0.1, 0.15) is 83.0 Å². The number of nitrogens with one attached hydrogen (secondary N) is 1. The van der Waals surface area contributed by atoms with Gasteiger partial charge >= 0.3 is 12.1 Å². The first-order valence-corrected chi connectivity index (χ1v) is 10.8. The average Bonchev–Trinajstić information content (AvgIpc) is 2.65. The third kappa shape index (κ3) is 11.5. The highest BCUT2D eigenvalue weighted by atomic mass is 16.6. The van der Waals surface area contributed by atoms with E-state index in [1.54, 1.807) is 32.9 Å². The Kier molecular flexibility index (Phi) is 11.7. The van der Waals surface area contributed by atoms with Crippen LogP contribution in [-0.4, -0.2) is 42.5 Å². The number of ether oxygens (including phenoxy) is 3. The van der Waals surface area contributed by atoms with Gasteiger partial charge in [0.05, 0.1) is 13.2 Å². The van der Waals surface area contributed by atoms with E-state index in [1.165, 1.54) is 31.7 Å². The summed E-state index contributed by atoms with van der Waals surface area (Å²) >= 11 is 0. The van der Waals surface area contributed by atoms with Crippen molar-refractivity contribution in [1.82, 2.24) is 5.32 Å². The molecular weight excluding hydrogens is 386 g/mol. The van der Waals surface area contributed by atoms with Gasteiger partial charge in [-0.3, -0.25) is 0 Å². The summed E-state index contributed by atoms with van der Waals surface area (Å²) in [5.41, 5.74) is -0.463. The maximum absolute atomic E-state index is 11.6. The molecule has 1 rings (SSSR count). The SMILES string of the molecule is CCCCCCCCOc1ccc(C(=O)O)c(OCCCNC(=O)OC(C)(C)C)c1. The smallest absolute Gasteiger partial charge is 0.407 e. The van der Waals surface area contributed by atoms with E-state index < -0.39 is 17.7 Å². The molecule has 0 aliphatic rings. The normalized spacial score (nSPS) is 11.1. The molecule has 0 heterocycles. The highest BCUT2D eigenvalue weighted by molar-refractivity contribution is 5.91. The Morgan fingerprint density at radius 2 is 1.63 bits per heavy atom. The van der Waals surface area contributed by atoms with Gasteiger partial charge in [-0.1, -0.05) is 39.0 Å². The molecule has 0 radical (unpaired) electrons. The van der Waals surface area contributed by atoms with Crippen molar-refractivity contribution in [3.05, 3.63) is 23.8 Å². The minimum absolute atomic E-state index is 0.0852. The van der Waals surface area contributed by atoms with Gasteiger partial charge in [0.15, 0.2) is 0 Å². The summed E-state index contributed by atoms with van der Waals surface area (Å²) in [6, 6.07) is 4.76. The molecule has 7 nitrogen and oxygen atoms in total. The zero-order valence-corrected chi connectivity index (χ0v) is 18.8. The van der Waals surface area contributed by atoms with Crippen LogP contribution in [0.4, 0.5) is 4.79 Å². The first-order valence-electron chi connectivity index (χ1n) is 10.8. The lowest BCUT2D eigenvalue weighted by Crippen LogP contribution is -2.33. The topological polar surface area (TPSA) is 94.1 Å². The number of hydrogen-bond donors (Lipinski definition) is 2. The molecule has 0 spiro atoms. The lowest BCUT2D eigenvalue weighted by Gasteiger charge is -2.19. The molecule has 0 saturated heterocycles. The van der Waals surface area contributed by atoms with Crippen LogP contribution in [0.5, 0.6) is 11.5 Å². The number of rotatable bonds is 14. The monoisotopic (exact) mass is 423 g/mol. The van der Waals surface area contributed by atoms with E-state index >= 15 is 0 Å². The van der Waals surface area contributed by atoms with Crippen LogP contribution in [-0.2, 0) is 4.74 Å². The second-order valence-corrected chi connectivity index (χ2v) is 8.21. The molecule has 0 atom stereocenters. The van der Waals surface area contributed by atoms with Gasteiger partial charge < -0.3 is 24.6 Å². The first-order chi connectivity index (χ1) is 14.2. The fourth-order valence-corrected chi connectivity index (χ4v) is 2.72. The molecule has 1 aromatic rings. The zero-order valence-electron chi connectivity index (χ0n) is 18.8. The number of unbranched alkanes of at least 4 members (excludes halogenated alkanes) is 5. The van der Waals surface area contributed by atoms with Crippen molar-refractivity contribution in [3.8, 4) is 11.5 Å². The number of carboxylic acids is 1. The number of benzene rings is 1. The summed E-state index contributed by atoms with van der Waals surface area (Å²) in [7, 11) is 0. The van der Waals surface area contributed by atoms with Gasteiger partial charge in [-0.05, 0) is 45.7 Å². The van der Waals surface area contributed by atoms with Gasteiger partial charge in [0, 0.05) is 12.6 Å². The molecule has 170 valence electrons. The van der Waals surface area contributed by atoms with Crippen LogP contribution >= 0.6 is 0 Å². The molecule has 0 bridgehead atoms. The van der Waals surface area contributed by atoms with E-state index in [9.17, 15) is 14.7 Å². The number of amides is 1. The Bertz CT molecular complexity index is 654. The third-order valence-electron chi connectivity index (χ3n) is 4.20.